The second-order valence-electron chi connectivity index (χ2n) is 6.58. The van der Waals surface area contributed by atoms with E-state index < -0.39 is 11.8 Å². The van der Waals surface area contributed by atoms with Crippen molar-refractivity contribution < 1.29 is 14.3 Å². The van der Waals surface area contributed by atoms with Crippen LogP contribution in [0.25, 0.3) is 0 Å². The molecule has 0 bridgehead atoms. The second-order valence-corrected chi connectivity index (χ2v) is 7.86. The van der Waals surface area contributed by atoms with E-state index in [1.54, 1.807) is 24.3 Å². The lowest BCUT2D eigenvalue weighted by Crippen LogP contribution is -2.48. The maximum Gasteiger partial charge on any atom is 0.269 e. The second kappa shape index (κ2) is 11.0. The average Bonchev–Trinajstić information content (AvgIpc) is 2.65. The number of nitrogens with one attached hydrogen (secondary N) is 3. The minimum Gasteiger partial charge on any atom is -0.494 e. The van der Waals surface area contributed by atoms with E-state index in [0.717, 1.165) is 6.42 Å². The van der Waals surface area contributed by atoms with E-state index >= 15 is 0 Å². The molecule has 2 aromatic rings. The zero-order chi connectivity index (χ0) is 21.4. The predicted molar refractivity (Wildman–Crippen MR) is 119 cm³/mol. The van der Waals surface area contributed by atoms with Gasteiger partial charge < -0.3 is 4.74 Å². The van der Waals surface area contributed by atoms with Gasteiger partial charge in [-0.05, 0) is 67.0 Å². The summed E-state index contributed by atoms with van der Waals surface area (Å²) in [5.74, 6) is 0.328. The van der Waals surface area contributed by atoms with Gasteiger partial charge in [-0.25, -0.2) is 0 Å². The molecule has 0 saturated heterocycles. The fourth-order valence-corrected chi connectivity index (χ4v) is 2.86. The Morgan fingerprint density at radius 1 is 0.966 bits per heavy atom. The Balaban J connectivity index is 1.82. The molecule has 2 rings (SSSR count). The number of amides is 2. The first-order chi connectivity index (χ1) is 13.7. The summed E-state index contributed by atoms with van der Waals surface area (Å²) in [6.07, 6.45) is 0.955. The molecule has 0 aromatic heterocycles. The number of hydrogen-bond donors (Lipinski definition) is 3. The first-order valence-electron chi connectivity index (χ1n) is 8.85. The largest absolute Gasteiger partial charge is 0.494 e. The highest BCUT2D eigenvalue weighted by atomic mass is 35.5. The minimum absolute atomic E-state index is 0.0758. The lowest BCUT2D eigenvalue weighted by molar-refractivity contribution is 0.0934. The summed E-state index contributed by atoms with van der Waals surface area (Å²) in [5, 5.41) is 3.00. The van der Waals surface area contributed by atoms with Gasteiger partial charge in [0, 0.05) is 21.2 Å². The molecule has 2 amide bonds. The van der Waals surface area contributed by atoms with Gasteiger partial charge in [0.05, 0.1) is 6.61 Å². The van der Waals surface area contributed by atoms with Gasteiger partial charge in [-0.3, -0.25) is 25.8 Å². The molecule has 0 aliphatic rings. The Bertz CT molecular complexity index is 869. The number of hydrogen-bond acceptors (Lipinski definition) is 4. The van der Waals surface area contributed by atoms with E-state index in [0.29, 0.717) is 33.9 Å². The molecule has 6 nitrogen and oxygen atoms in total. The van der Waals surface area contributed by atoms with Crippen molar-refractivity contribution in [2.75, 3.05) is 6.61 Å². The number of thiocarbonyl (C=S) groups is 1. The summed E-state index contributed by atoms with van der Waals surface area (Å²) in [5.41, 5.74) is 5.54. The highest BCUT2D eigenvalue weighted by Crippen LogP contribution is 2.19. The van der Waals surface area contributed by atoms with E-state index in [1.807, 2.05) is 0 Å². The van der Waals surface area contributed by atoms with Crippen LogP contribution in [0.3, 0.4) is 0 Å². The summed E-state index contributed by atoms with van der Waals surface area (Å²) >= 11 is 16.8. The molecule has 0 fully saturated rings. The number of carbonyl (C=O) groups is 2. The summed E-state index contributed by atoms with van der Waals surface area (Å²) in [4.78, 5) is 24.3. The standard InChI is InChI=1S/C20H21Cl2N3O3S/c1-12(2)7-8-28-17-5-3-13(4-6-17)19(27)24-25-20(29)23-18(26)14-9-15(21)11-16(22)10-14/h3-6,9-12H,7-8H2,1-2H3,(H,24,27)(H2,23,25,26,29). The van der Waals surface area contributed by atoms with Gasteiger partial charge in [-0.2, -0.15) is 0 Å². The Hall–Kier alpha value is -2.35. The minimum atomic E-state index is -0.510. The van der Waals surface area contributed by atoms with Crippen molar-refractivity contribution in [1.29, 1.82) is 0 Å². The predicted octanol–water partition coefficient (Wildman–Crippen LogP) is 4.37. The number of carbonyl (C=O) groups excluding carboxylic acids is 2. The molecule has 0 spiro atoms. The molecule has 29 heavy (non-hydrogen) atoms. The van der Waals surface area contributed by atoms with E-state index in [-0.39, 0.29) is 10.7 Å². The van der Waals surface area contributed by atoms with Crippen molar-refractivity contribution in [2.24, 2.45) is 5.92 Å². The lowest BCUT2D eigenvalue weighted by atomic mass is 10.1. The van der Waals surface area contributed by atoms with Gasteiger partial charge in [-0.1, -0.05) is 37.0 Å². The molecule has 3 N–H and O–H groups in total. The third-order valence-electron chi connectivity index (χ3n) is 3.72. The molecular weight excluding hydrogens is 433 g/mol. The quantitative estimate of drug-likeness (QED) is 0.446. The van der Waals surface area contributed by atoms with E-state index in [1.165, 1.54) is 18.2 Å². The topological polar surface area (TPSA) is 79.5 Å². The van der Waals surface area contributed by atoms with Crippen LogP contribution in [0.1, 0.15) is 41.0 Å². The molecule has 0 aliphatic heterocycles. The molecule has 0 aliphatic carbocycles. The number of benzene rings is 2. The van der Waals surface area contributed by atoms with Crippen LogP contribution in [-0.4, -0.2) is 23.5 Å². The van der Waals surface area contributed by atoms with Crippen LogP contribution in [0.5, 0.6) is 5.75 Å². The molecular formula is C20H21Cl2N3O3S. The highest BCUT2D eigenvalue weighted by Gasteiger charge is 2.11. The maximum atomic E-state index is 12.2. The Kier molecular flexibility index (Phi) is 8.70. The van der Waals surface area contributed by atoms with Crippen LogP contribution in [0.15, 0.2) is 42.5 Å². The van der Waals surface area contributed by atoms with Gasteiger partial charge >= 0.3 is 0 Å². The molecule has 0 heterocycles. The molecule has 0 atom stereocenters. The van der Waals surface area contributed by atoms with Crippen LogP contribution in [0.2, 0.25) is 10.0 Å². The first kappa shape index (κ1) is 22.9. The van der Waals surface area contributed by atoms with Gasteiger partial charge in [0.25, 0.3) is 11.8 Å². The molecule has 9 heteroatoms. The normalized spacial score (nSPS) is 10.4. The van der Waals surface area contributed by atoms with E-state index in [2.05, 4.69) is 30.0 Å². The van der Waals surface area contributed by atoms with Crippen molar-refractivity contribution in [3.05, 3.63) is 63.6 Å². The Morgan fingerprint density at radius 3 is 2.17 bits per heavy atom. The number of rotatable bonds is 6. The summed E-state index contributed by atoms with van der Waals surface area (Å²) in [6.45, 7) is 4.87. The SMILES string of the molecule is CC(C)CCOc1ccc(C(=O)NNC(=S)NC(=O)c2cc(Cl)cc(Cl)c2)cc1. The van der Waals surface area contributed by atoms with Crippen molar-refractivity contribution in [3.8, 4) is 5.75 Å². The molecule has 0 saturated carbocycles. The van der Waals surface area contributed by atoms with Crippen molar-refractivity contribution in [3.63, 3.8) is 0 Å². The van der Waals surface area contributed by atoms with Crippen molar-refractivity contribution in [2.45, 2.75) is 20.3 Å². The van der Waals surface area contributed by atoms with Crippen LogP contribution >= 0.6 is 35.4 Å². The van der Waals surface area contributed by atoms with Crippen molar-refractivity contribution >= 4 is 52.3 Å². The van der Waals surface area contributed by atoms with Crippen LogP contribution in [0.4, 0.5) is 0 Å². The fourth-order valence-electron chi connectivity index (χ4n) is 2.19. The fraction of sp³-hybridized carbons (Fsp3) is 0.250. The van der Waals surface area contributed by atoms with Gasteiger partial charge in [-0.15, -0.1) is 0 Å². The zero-order valence-corrected chi connectivity index (χ0v) is 18.3. The molecule has 2 aromatic carbocycles. The van der Waals surface area contributed by atoms with Crippen molar-refractivity contribution in [1.82, 2.24) is 16.2 Å². The number of hydrazine groups is 1. The Labute approximate surface area is 184 Å². The smallest absolute Gasteiger partial charge is 0.269 e. The van der Waals surface area contributed by atoms with Gasteiger partial charge in [0.1, 0.15) is 5.75 Å². The van der Waals surface area contributed by atoms with Crippen LogP contribution in [0, 0.1) is 5.92 Å². The maximum absolute atomic E-state index is 12.2. The van der Waals surface area contributed by atoms with Gasteiger partial charge in [0.2, 0.25) is 0 Å². The summed E-state index contributed by atoms with van der Waals surface area (Å²) < 4.78 is 5.62. The van der Waals surface area contributed by atoms with Crippen LogP contribution < -0.4 is 20.9 Å². The molecule has 154 valence electrons. The third kappa shape index (κ3) is 7.89. The number of halogens is 2. The third-order valence-corrected chi connectivity index (χ3v) is 4.36. The van der Waals surface area contributed by atoms with E-state index in [4.69, 9.17) is 40.2 Å². The zero-order valence-electron chi connectivity index (χ0n) is 15.9. The lowest BCUT2D eigenvalue weighted by Gasteiger charge is -2.12. The average molecular weight is 454 g/mol. The highest BCUT2D eigenvalue weighted by molar-refractivity contribution is 7.80. The number of ether oxygens (including phenoxy) is 1. The van der Waals surface area contributed by atoms with E-state index in [9.17, 15) is 9.59 Å². The molecule has 0 unspecified atom stereocenters. The monoisotopic (exact) mass is 453 g/mol. The first-order valence-corrected chi connectivity index (χ1v) is 10.0. The van der Waals surface area contributed by atoms with Gasteiger partial charge in [0.15, 0.2) is 5.11 Å². The Morgan fingerprint density at radius 2 is 1.59 bits per heavy atom. The summed E-state index contributed by atoms with van der Waals surface area (Å²) in [6, 6.07) is 11.1. The van der Waals surface area contributed by atoms with Crippen LogP contribution in [-0.2, 0) is 0 Å². The summed E-state index contributed by atoms with van der Waals surface area (Å²) in [7, 11) is 0. The molecule has 0 radical (unpaired) electrons.